The van der Waals surface area contributed by atoms with Crippen LogP contribution >= 0.6 is 22.7 Å². The van der Waals surface area contributed by atoms with Crippen molar-refractivity contribution in [1.29, 1.82) is 0 Å². The Morgan fingerprint density at radius 1 is 1.13 bits per heavy atom. The van der Waals surface area contributed by atoms with Crippen LogP contribution in [-0.4, -0.2) is 75.9 Å². The second kappa shape index (κ2) is 11.3. The maximum Gasteiger partial charge on any atom is 0.271 e. The van der Waals surface area contributed by atoms with Crippen LogP contribution in [0.2, 0.25) is 0 Å². The van der Waals surface area contributed by atoms with E-state index < -0.39 is 38.1 Å². The maximum atomic E-state index is 13.6. The number of amides is 1. The molecule has 10 nitrogen and oxygen atoms in total. The molecule has 0 bridgehead atoms. The second-order valence-corrected chi connectivity index (χ2v) is 15.2. The van der Waals surface area contributed by atoms with Gasteiger partial charge in [0, 0.05) is 25.2 Å². The summed E-state index contributed by atoms with van der Waals surface area (Å²) in [5.41, 5.74) is 0.283. The van der Waals surface area contributed by atoms with Gasteiger partial charge in [-0.15, -0.1) is 22.7 Å². The second-order valence-electron chi connectivity index (χ2n) is 9.09. The number of sulfonamides is 2. The fraction of sp³-hybridized carbons (Fsp3) is 0.375. The number of hydrogen-bond donors (Lipinski definition) is 2. The number of ether oxygens (including phenoxy) is 1. The predicted molar refractivity (Wildman–Crippen MR) is 147 cm³/mol. The number of carbonyl (C=O) groups is 1. The van der Waals surface area contributed by atoms with Crippen molar-refractivity contribution in [2.45, 2.75) is 34.4 Å². The minimum Gasteiger partial charge on any atom is -0.488 e. The highest BCUT2D eigenvalue weighted by Gasteiger charge is 2.35. The number of aliphatic hydroxyl groups is 1. The lowest BCUT2D eigenvalue weighted by atomic mass is 9.99. The zero-order chi connectivity index (χ0) is 27.7. The Labute approximate surface area is 230 Å². The third-order valence-electron chi connectivity index (χ3n) is 6.27. The van der Waals surface area contributed by atoms with Gasteiger partial charge >= 0.3 is 0 Å². The third kappa shape index (κ3) is 5.90. The molecule has 1 aromatic carbocycles. The van der Waals surface area contributed by atoms with E-state index in [-0.39, 0.29) is 51.0 Å². The Kier molecular flexibility index (Phi) is 8.49. The quantitative estimate of drug-likeness (QED) is 0.386. The summed E-state index contributed by atoms with van der Waals surface area (Å²) in [7, 11) is -6.10. The highest BCUT2D eigenvalue weighted by molar-refractivity contribution is 7.94. The van der Waals surface area contributed by atoms with Gasteiger partial charge in [-0.1, -0.05) is 19.1 Å². The summed E-state index contributed by atoms with van der Waals surface area (Å²) in [6.07, 6.45) is -0.636. The molecule has 1 amide bonds. The fourth-order valence-electron chi connectivity index (χ4n) is 4.04. The van der Waals surface area contributed by atoms with Gasteiger partial charge in [0.05, 0.1) is 24.8 Å². The van der Waals surface area contributed by atoms with Gasteiger partial charge in [-0.3, -0.25) is 9.52 Å². The first-order valence-electron chi connectivity index (χ1n) is 11.7. The largest absolute Gasteiger partial charge is 0.488 e. The molecule has 4 rings (SSSR count). The van der Waals surface area contributed by atoms with Crippen molar-refractivity contribution in [3.05, 3.63) is 58.8 Å². The molecular weight excluding hydrogens is 571 g/mol. The minimum absolute atomic E-state index is 0.0170. The van der Waals surface area contributed by atoms with Gasteiger partial charge in [-0.05, 0) is 48.0 Å². The molecule has 0 saturated carbocycles. The van der Waals surface area contributed by atoms with E-state index in [1.807, 2.05) is 6.92 Å². The van der Waals surface area contributed by atoms with Crippen LogP contribution in [0.4, 0.5) is 5.69 Å². The number of aliphatic hydroxyl groups excluding tert-OH is 1. The lowest BCUT2D eigenvalue weighted by Crippen LogP contribution is -2.50. The summed E-state index contributed by atoms with van der Waals surface area (Å²) >= 11 is 2.19. The summed E-state index contributed by atoms with van der Waals surface area (Å²) in [6.45, 7) is 3.50. The monoisotopic (exact) mass is 599 g/mol. The van der Waals surface area contributed by atoms with Crippen molar-refractivity contribution in [1.82, 2.24) is 9.21 Å². The van der Waals surface area contributed by atoms with E-state index in [9.17, 15) is 26.7 Å². The number of fused-ring (bicyclic) bond motifs is 1. The maximum absolute atomic E-state index is 13.6. The average molecular weight is 600 g/mol. The molecule has 0 saturated heterocycles. The molecular formula is C24H29N3O7S4. The smallest absolute Gasteiger partial charge is 0.271 e. The number of hydrogen-bond acceptors (Lipinski definition) is 9. The van der Waals surface area contributed by atoms with Crippen molar-refractivity contribution in [3.8, 4) is 5.75 Å². The topological polar surface area (TPSA) is 133 Å². The number of likely N-dealkylation sites (N-methyl/N-ethyl adjacent to an activating group) is 1. The summed E-state index contributed by atoms with van der Waals surface area (Å²) in [5.74, 6) is -0.523. The van der Waals surface area contributed by atoms with Crippen LogP contribution in [0, 0.1) is 5.92 Å². The molecule has 3 aromatic rings. The van der Waals surface area contributed by atoms with Gasteiger partial charge in [-0.2, -0.15) is 4.31 Å². The van der Waals surface area contributed by atoms with Crippen molar-refractivity contribution in [2.24, 2.45) is 5.92 Å². The molecule has 14 heteroatoms. The van der Waals surface area contributed by atoms with E-state index in [0.717, 1.165) is 22.7 Å². The van der Waals surface area contributed by atoms with E-state index in [2.05, 4.69) is 4.72 Å². The Balaban J connectivity index is 1.68. The molecule has 0 aliphatic carbocycles. The molecule has 2 aromatic heterocycles. The van der Waals surface area contributed by atoms with E-state index in [4.69, 9.17) is 4.74 Å². The first-order valence-corrected chi connectivity index (χ1v) is 16.4. The lowest BCUT2D eigenvalue weighted by Gasteiger charge is -2.38. The number of rotatable bonds is 9. The minimum atomic E-state index is -3.85. The van der Waals surface area contributed by atoms with Gasteiger partial charge < -0.3 is 14.7 Å². The zero-order valence-corrected chi connectivity index (χ0v) is 24.2. The number of carbonyl (C=O) groups excluding carboxylic acids is 1. The van der Waals surface area contributed by atoms with E-state index in [1.165, 1.54) is 46.6 Å². The van der Waals surface area contributed by atoms with Crippen molar-refractivity contribution in [2.75, 3.05) is 31.5 Å². The van der Waals surface area contributed by atoms with E-state index in [0.29, 0.717) is 0 Å². The molecule has 3 atom stereocenters. The third-order valence-corrected chi connectivity index (χ3v) is 12.2. The first kappa shape index (κ1) is 28.5. The molecule has 0 fully saturated rings. The predicted octanol–water partition coefficient (Wildman–Crippen LogP) is 3.15. The summed E-state index contributed by atoms with van der Waals surface area (Å²) in [6, 6.07) is 10.2. The standard InChI is InChI=1S/C24H29N3O7S4/c1-16-13-27(17(2)15-28)24(29)19-12-18(25-37(30,31)22-6-4-10-35-22)8-9-20(19)34-21(16)14-26(3)38(32,33)23-7-5-11-36-23/h4-12,16-17,21,25,28H,13-15H2,1-3H3/t16-,17-,21-/m1/s1. The summed E-state index contributed by atoms with van der Waals surface area (Å²) in [4.78, 5) is 15.1. The van der Waals surface area contributed by atoms with Crippen LogP contribution in [0.5, 0.6) is 5.75 Å². The van der Waals surface area contributed by atoms with Crippen LogP contribution in [0.15, 0.2) is 61.6 Å². The summed E-state index contributed by atoms with van der Waals surface area (Å²) < 4.78 is 61.9. The van der Waals surface area contributed by atoms with Gasteiger partial charge in [0.1, 0.15) is 20.3 Å². The molecule has 2 N–H and O–H groups in total. The highest BCUT2D eigenvalue weighted by atomic mass is 32.3. The van der Waals surface area contributed by atoms with Crippen LogP contribution in [0.1, 0.15) is 24.2 Å². The number of nitrogens with zero attached hydrogens (tertiary/aromatic N) is 2. The van der Waals surface area contributed by atoms with Crippen molar-refractivity contribution >= 4 is 54.3 Å². The number of benzene rings is 1. The van der Waals surface area contributed by atoms with Gasteiger partial charge in [-0.25, -0.2) is 16.8 Å². The van der Waals surface area contributed by atoms with Crippen LogP contribution in [0.25, 0.3) is 0 Å². The van der Waals surface area contributed by atoms with E-state index >= 15 is 0 Å². The number of nitrogens with one attached hydrogen (secondary N) is 1. The SMILES string of the molecule is C[C@@H]1CN([C@H](C)CO)C(=O)c2cc(NS(=O)(=O)c3cccs3)ccc2O[C@@H]1CN(C)S(=O)(=O)c1cccs1. The number of anilines is 1. The highest BCUT2D eigenvalue weighted by Crippen LogP contribution is 2.32. The van der Waals surface area contributed by atoms with Gasteiger partial charge in [0.15, 0.2) is 0 Å². The van der Waals surface area contributed by atoms with Crippen molar-refractivity contribution < 1.29 is 31.5 Å². The van der Waals surface area contributed by atoms with E-state index in [1.54, 1.807) is 29.8 Å². The molecule has 0 radical (unpaired) electrons. The summed E-state index contributed by atoms with van der Waals surface area (Å²) in [5, 5.41) is 13.2. The molecule has 1 aliphatic rings. The van der Waals surface area contributed by atoms with Crippen LogP contribution < -0.4 is 9.46 Å². The lowest BCUT2D eigenvalue weighted by molar-refractivity contribution is 0.0387. The zero-order valence-electron chi connectivity index (χ0n) is 21.0. The van der Waals surface area contributed by atoms with Gasteiger partial charge in [0.25, 0.3) is 26.0 Å². The molecule has 38 heavy (non-hydrogen) atoms. The van der Waals surface area contributed by atoms with Crippen LogP contribution in [0.3, 0.4) is 0 Å². The van der Waals surface area contributed by atoms with Crippen molar-refractivity contribution in [3.63, 3.8) is 0 Å². The first-order chi connectivity index (χ1) is 17.9. The fourth-order valence-corrected chi connectivity index (χ4v) is 8.47. The molecule has 206 valence electrons. The van der Waals surface area contributed by atoms with Crippen LogP contribution in [-0.2, 0) is 20.0 Å². The molecule has 0 unspecified atom stereocenters. The van der Waals surface area contributed by atoms with Gasteiger partial charge in [0.2, 0.25) is 0 Å². The average Bonchev–Trinajstić information content (AvgIpc) is 3.61. The number of thiophene rings is 2. The molecule has 0 spiro atoms. The Morgan fingerprint density at radius 2 is 1.79 bits per heavy atom. The Morgan fingerprint density at radius 3 is 2.39 bits per heavy atom. The Hall–Kier alpha value is -2.49. The Bertz CT molecular complexity index is 1470. The normalized spacial score (nSPS) is 19.4. The molecule has 3 heterocycles. The molecule has 1 aliphatic heterocycles.